The molecule has 0 aliphatic carbocycles. The Kier molecular flexibility index (Phi) is 3.52. The number of carbonyl (C=O) groups is 1. The van der Waals surface area contributed by atoms with Crippen molar-refractivity contribution in [2.24, 2.45) is 0 Å². The van der Waals surface area contributed by atoms with Crippen LogP contribution in [0.4, 0.5) is 8.78 Å². The van der Waals surface area contributed by atoms with Gasteiger partial charge in [-0.15, -0.1) is 0 Å². The maximum Gasteiger partial charge on any atom is 0.159 e. The van der Waals surface area contributed by atoms with Crippen LogP contribution in [0.15, 0.2) is 18.2 Å². The SMILES string of the molecule is O=CCC1(c2ccc(F)c(F)c2)CCOCC1. The minimum Gasteiger partial charge on any atom is -0.381 e. The fourth-order valence-corrected chi connectivity index (χ4v) is 2.36. The van der Waals surface area contributed by atoms with Gasteiger partial charge in [-0.3, -0.25) is 0 Å². The van der Waals surface area contributed by atoms with Crippen LogP contribution in [0, 0.1) is 11.6 Å². The standard InChI is InChI=1S/C13H14F2O2/c14-11-2-1-10(9-12(11)15)13(3-6-16)4-7-17-8-5-13/h1-2,6,9H,3-5,7-8H2. The lowest BCUT2D eigenvalue weighted by molar-refractivity contribution is -0.109. The topological polar surface area (TPSA) is 26.3 Å². The van der Waals surface area contributed by atoms with Crippen LogP contribution in [-0.2, 0) is 14.9 Å². The molecule has 0 saturated carbocycles. The molecule has 2 nitrogen and oxygen atoms in total. The molecule has 1 heterocycles. The second-order valence-electron chi connectivity index (χ2n) is 4.39. The van der Waals surface area contributed by atoms with Crippen LogP contribution >= 0.6 is 0 Å². The summed E-state index contributed by atoms with van der Waals surface area (Å²) in [6, 6.07) is 3.88. The molecule has 1 aliphatic rings. The van der Waals surface area contributed by atoms with Gasteiger partial charge in [-0.05, 0) is 30.5 Å². The molecule has 1 aromatic rings. The molecule has 0 unspecified atom stereocenters. The lowest BCUT2D eigenvalue weighted by atomic mass is 9.72. The van der Waals surface area contributed by atoms with E-state index >= 15 is 0 Å². The first kappa shape index (κ1) is 12.2. The van der Waals surface area contributed by atoms with Crippen molar-refractivity contribution in [1.29, 1.82) is 0 Å². The molecule has 0 N–H and O–H groups in total. The number of hydrogen-bond acceptors (Lipinski definition) is 2. The monoisotopic (exact) mass is 240 g/mol. The summed E-state index contributed by atoms with van der Waals surface area (Å²) in [7, 11) is 0. The Bertz CT molecular complexity index is 412. The Labute approximate surface area is 98.6 Å². The second-order valence-corrected chi connectivity index (χ2v) is 4.39. The van der Waals surface area contributed by atoms with Gasteiger partial charge in [-0.2, -0.15) is 0 Å². The van der Waals surface area contributed by atoms with Crippen molar-refractivity contribution >= 4 is 6.29 Å². The van der Waals surface area contributed by atoms with E-state index in [-0.39, 0.29) is 0 Å². The third-order valence-corrected chi connectivity index (χ3v) is 3.46. The second kappa shape index (κ2) is 4.92. The molecule has 17 heavy (non-hydrogen) atoms. The Morgan fingerprint density at radius 3 is 2.53 bits per heavy atom. The zero-order valence-electron chi connectivity index (χ0n) is 9.42. The summed E-state index contributed by atoms with van der Waals surface area (Å²) < 4.78 is 31.4. The summed E-state index contributed by atoms with van der Waals surface area (Å²) >= 11 is 0. The van der Waals surface area contributed by atoms with Gasteiger partial charge in [0.25, 0.3) is 0 Å². The van der Waals surface area contributed by atoms with Crippen molar-refractivity contribution in [3.63, 3.8) is 0 Å². The molecule has 1 aromatic carbocycles. The van der Waals surface area contributed by atoms with Crippen molar-refractivity contribution in [2.45, 2.75) is 24.7 Å². The van der Waals surface area contributed by atoms with Gasteiger partial charge in [0.05, 0.1) is 0 Å². The highest BCUT2D eigenvalue weighted by Gasteiger charge is 2.34. The molecule has 2 rings (SSSR count). The Morgan fingerprint density at radius 1 is 1.24 bits per heavy atom. The molecule has 0 atom stereocenters. The molecular formula is C13H14F2O2. The molecule has 0 amide bonds. The summed E-state index contributed by atoms with van der Waals surface area (Å²) in [5.74, 6) is -1.72. The Balaban J connectivity index is 2.37. The third-order valence-electron chi connectivity index (χ3n) is 3.46. The highest BCUT2D eigenvalue weighted by atomic mass is 19.2. The number of rotatable bonds is 3. The van der Waals surface area contributed by atoms with Crippen LogP contribution in [0.25, 0.3) is 0 Å². The molecule has 92 valence electrons. The van der Waals surface area contributed by atoms with Crippen LogP contribution in [0.2, 0.25) is 0 Å². The predicted molar refractivity (Wildman–Crippen MR) is 58.8 cm³/mol. The zero-order valence-corrected chi connectivity index (χ0v) is 9.42. The van der Waals surface area contributed by atoms with Gasteiger partial charge in [0, 0.05) is 25.0 Å². The van der Waals surface area contributed by atoms with E-state index < -0.39 is 17.0 Å². The molecule has 4 heteroatoms. The number of ether oxygens (including phenoxy) is 1. The largest absolute Gasteiger partial charge is 0.381 e. The van der Waals surface area contributed by atoms with Crippen molar-refractivity contribution in [3.05, 3.63) is 35.4 Å². The molecule has 1 saturated heterocycles. The van der Waals surface area contributed by atoms with E-state index in [4.69, 9.17) is 4.74 Å². The normalized spacial score (nSPS) is 18.9. The summed E-state index contributed by atoms with van der Waals surface area (Å²) in [6.45, 7) is 1.10. The van der Waals surface area contributed by atoms with E-state index in [1.165, 1.54) is 6.07 Å². The van der Waals surface area contributed by atoms with Crippen molar-refractivity contribution < 1.29 is 18.3 Å². The van der Waals surface area contributed by atoms with E-state index in [9.17, 15) is 13.6 Å². The zero-order chi connectivity index (χ0) is 12.3. The Morgan fingerprint density at radius 2 is 1.94 bits per heavy atom. The van der Waals surface area contributed by atoms with E-state index in [0.29, 0.717) is 38.0 Å². The van der Waals surface area contributed by atoms with Crippen LogP contribution in [-0.4, -0.2) is 19.5 Å². The highest BCUT2D eigenvalue weighted by Crippen LogP contribution is 2.37. The van der Waals surface area contributed by atoms with Gasteiger partial charge in [0.15, 0.2) is 11.6 Å². The molecule has 1 aliphatic heterocycles. The maximum atomic E-state index is 13.2. The van der Waals surface area contributed by atoms with Gasteiger partial charge in [-0.25, -0.2) is 8.78 Å². The first-order valence-corrected chi connectivity index (χ1v) is 5.65. The molecule has 1 fully saturated rings. The average molecular weight is 240 g/mol. The molecule has 0 aromatic heterocycles. The van der Waals surface area contributed by atoms with Gasteiger partial charge in [0.1, 0.15) is 6.29 Å². The number of benzene rings is 1. The average Bonchev–Trinajstić information content (AvgIpc) is 2.34. The number of carbonyl (C=O) groups excluding carboxylic acids is 1. The lowest BCUT2D eigenvalue weighted by Gasteiger charge is -2.36. The minimum atomic E-state index is -0.862. The van der Waals surface area contributed by atoms with Crippen molar-refractivity contribution in [3.8, 4) is 0 Å². The van der Waals surface area contributed by atoms with Crippen LogP contribution < -0.4 is 0 Å². The first-order chi connectivity index (χ1) is 8.18. The van der Waals surface area contributed by atoms with E-state index in [2.05, 4.69) is 0 Å². The fourth-order valence-electron chi connectivity index (χ4n) is 2.36. The van der Waals surface area contributed by atoms with Gasteiger partial charge in [0.2, 0.25) is 0 Å². The van der Waals surface area contributed by atoms with E-state index in [0.717, 1.165) is 12.4 Å². The summed E-state index contributed by atoms with van der Waals surface area (Å²) in [5, 5.41) is 0. The summed E-state index contributed by atoms with van der Waals surface area (Å²) in [6.07, 6.45) is 2.49. The van der Waals surface area contributed by atoms with Crippen LogP contribution in [0.1, 0.15) is 24.8 Å². The van der Waals surface area contributed by atoms with Crippen LogP contribution in [0.5, 0.6) is 0 Å². The van der Waals surface area contributed by atoms with Gasteiger partial charge in [-0.1, -0.05) is 6.07 Å². The summed E-state index contributed by atoms with van der Waals surface area (Å²) in [4.78, 5) is 10.8. The Hall–Kier alpha value is -1.29. The van der Waals surface area contributed by atoms with Gasteiger partial charge >= 0.3 is 0 Å². The fraction of sp³-hybridized carbons (Fsp3) is 0.462. The van der Waals surface area contributed by atoms with E-state index in [1.54, 1.807) is 6.07 Å². The smallest absolute Gasteiger partial charge is 0.159 e. The maximum absolute atomic E-state index is 13.2. The summed E-state index contributed by atoms with van der Waals surface area (Å²) in [5.41, 5.74) is 0.293. The van der Waals surface area contributed by atoms with Crippen LogP contribution in [0.3, 0.4) is 0 Å². The van der Waals surface area contributed by atoms with Crippen molar-refractivity contribution in [1.82, 2.24) is 0 Å². The molecule has 0 bridgehead atoms. The molecule has 0 radical (unpaired) electrons. The highest BCUT2D eigenvalue weighted by molar-refractivity contribution is 5.53. The van der Waals surface area contributed by atoms with Gasteiger partial charge < -0.3 is 9.53 Å². The lowest BCUT2D eigenvalue weighted by Crippen LogP contribution is -2.34. The molecular weight excluding hydrogens is 226 g/mol. The quantitative estimate of drug-likeness (QED) is 0.759. The number of hydrogen-bond donors (Lipinski definition) is 0. The van der Waals surface area contributed by atoms with E-state index in [1.807, 2.05) is 0 Å². The predicted octanol–water partition coefficient (Wildman–Crippen LogP) is 2.60. The number of aldehydes is 1. The minimum absolute atomic E-state index is 0.321. The molecule has 0 spiro atoms. The number of halogens is 2. The third kappa shape index (κ3) is 2.36. The first-order valence-electron chi connectivity index (χ1n) is 5.65. The van der Waals surface area contributed by atoms with Crippen molar-refractivity contribution in [2.75, 3.05) is 13.2 Å².